The van der Waals surface area contributed by atoms with Crippen molar-refractivity contribution in [3.63, 3.8) is 0 Å². The summed E-state index contributed by atoms with van der Waals surface area (Å²) in [5, 5.41) is 13.0. The summed E-state index contributed by atoms with van der Waals surface area (Å²) >= 11 is 1.04. The predicted octanol–water partition coefficient (Wildman–Crippen LogP) is 2.86. The van der Waals surface area contributed by atoms with E-state index in [1.165, 1.54) is 6.92 Å². The van der Waals surface area contributed by atoms with Crippen LogP contribution in [-0.2, 0) is 18.6 Å². The largest absolute Gasteiger partial charge is 0.459 e. The average molecular weight is 572 g/mol. The summed E-state index contributed by atoms with van der Waals surface area (Å²) in [6, 6.07) is 7.13. The quantitative estimate of drug-likeness (QED) is 0.344. The third-order valence-corrected chi connectivity index (χ3v) is 8.95. The van der Waals surface area contributed by atoms with Gasteiger partial charge in [-0.2, -0.15) is 0 Å². The van der Waals surface area contributed by atoms with Gasteiger partial charge in [-0.25, -0.2) is 18.8 Å². The second-order valence-corrected chi connectivity index (χ2v) is 12.4. The van der Waals surface area contributed by atoms with Crippen molar-refractivity contribution in [2.75, 3.05) is 12.4 Å². The number of aromatic amines is 1. The molecule has 0 radical (unpaired) electrons. The number of aliphatic hydroxyl groups excluding tert-OH is 1. The number of nitrogens with zero attached hydrogens (tertiary/aromatic N) is 1. The number of rotatable bonds is 11. The van der Waals surface area contributed by atoms with E-state index in [1.54, 1.807) is 19.1 Å². The van der Waals surface area contributed by atoms with Gasteiger partial charge in [-0.15, -0.1) is 0 Å². The Balaban J connectivity index is 1.52. The molecule has 2 fully saturated rings. The van der Waals surface area contributed by atoms with E-state index >= 15 is 4.39 Å². The number of carbonyl (C=O) groups is 1. The molecule has 38 heavy (non-hydrogen) atoms. The third kappa shape index (κ3) is 6.47. The second kappa shape index (κ2) is 11.4. The van der Waals surface area contributed by atoms with Crippen LogP contribution in [-0.4, -0.2) is 56.1 Å². The van der Waals surface area contributed by atoms with Gasteiger partial charge in [0.05, 0.1) is 12.6 Å². The number of carbonyl (C=O) groups excluding carboxylic acids is 1. The van der Waals surface area contributed by atoms with Crippen LogP contribution in [0.5, 0.6) is 5.75 Å². The highest BCUT2D eigenvalue weighted by Gasteiger charge is 2.55. The molecular formula is C24H31FN3O8PS. The molecule has 1 unspecified atom stereocenters. The van der Waals surface area contributed by atoms with Crippen LogP contribution < -0.4 is 20.9 Å². The fourth-order valence-electron chi connectivity index (χ4n) is 4.14. The maximum atomic E-state index is 15.5. The molecule has 3 N–H and O–H groups in total. The van der Waals surface area contributed by atoms with E-state index in [1.807, 2.05) is 17.1 Å². The van der Waals surface area contributed by atoms with Gasteiger partial charge in [0.25, 0.3) is 5.56 Å². The molecule has 208 valence electrons. The zero-order chi connectivity index (χ0) is 27.7. The monoisotopic (exact) mass is 571 g/mol. The Morgan fingerprint density at radius 3 is 2.63 bits per heavy atom. The first-order valence-electron chi connectivity index (χ1n) is 12.3. The first kappa shape index (κ1) is 28.7. The van der Waals surface area contributed by atoms with Crippen molar-refractivity contribution in [3.8, 4) is 5.75 Å². The molecule has 1 saturated carbocycles. The normalized spacial score (nSPS) is 27.6. The highest BCUT2D eigenvalue weighted by atomic mass is 32.2. The maximum absolute atomic E-state index is 15.5. The summed E-state index contributed by atoms with van der Waals surface area (Å²) in [5.41, 5.74) is -2.93. The number of halogens is 1. The molecule has 1 aromatic carbocycles. The Labute approximate surface area is 222 Å². The minimum absolute atomic E-state index is 0.230. The number of nitrogens with one attached hydrogen (secondary N) is 2. The fourth-order valence-corrected chi connectivity index (χ4v) is 6.33. The molecule has 2 aliphatic rings. The summed E-state index contributed by atoms with van der Waals surface area (Å²) in [7, 11) is -4.24. The van der Waals surface area contributed by atoms with E-state index in [4.69, 9.17) is 13.8 Å². The molecule has 2 heterocycles. The molecule has 0 amide bonds. The van der Waals surface area contributed by atoms with E-state index < -0.39 is 55.7 Å². The van der Waals surface area contributed by atoms with Crippen LogP contribution in [0.4, 0.5) is 4.39 Å². The number of hydrogen-bond donors (Lipinski definition) is 3. The van der Waals surface area contributed by atoms with E-state index in [2.05, 4.69) is 5.09 Å². The first-order chi connectivity index (χ1) is 17.9. The SMILES string of the molecule is CCSC(=O)[C@H](C)NP(=O)(OC[C@H]1O[C@@H](n2ccc(=O)[nH]c2=O)[C@](C)(F)[C@@H]1O)Oc1ccc(C2CC2)cc1. The van der Waals surface area contributed by atoms with Crippen molar-refractivity contribution in [1.29, 1.82) is 0 Å². The number of thioether (sulfide) groups is 1. The Morgan fingerprint density at radius 1 is 1.34 bits per heavy atom. The standard InChI is InChI=1S/C24H31FN3O8PS/c1-4-38-21(31)14(2)27-37(33,36-17-9-7-16(8-10-17)15-5-6-15)34-13-18-20(30)24(3,25)22(35-18)28-12-11-19(29)26-23(28)32/h7-12,14-15,18,20,22,30H,4-6,13H2,1-3H3,(H,27,33)(H,26,29,32)/t14-,18+,20+,22+,24+,37?/m0/s1. The average Bonchev–Trinajstić information content (AvgIpc) is 3.67. The second-order valence-electron chi connectivity index (χ2n) is 9.47. The van der Waals surface area contributed by atoms with Crippen LogP contribution in [0.3, 0.4) is 0 Å². The van der Waals surface area contributed by atoms with Crippen LogP contribution >= 0.6 is 19.5 Å². The topological polar surface area (TPSA) is 149 Å². The van der Waals surface area contributed by atoms with E-state index in [0.29, 0.717) is 11.7 Å². The van der Waals surface area contributed by atoms with Gasteiger partial charge in [0, 0.05) is 12.3 Å². The highest BCUT2D eigenvalue weighted by Crippen LogP contribution is 2.48. The van der Waals surface area contributed by atoms with Gasteiger partial charge in [-0.05, 0) is 56.1 Å². The molecular weight excluding hydrogens is 540 g/mol. The summed E-state index contributed by atoms with van der Waals surface area (Å²) in [4.78, 5) is 37.9. The summed E-state index contributed by atoms with van der Waals surface area (Å²) in [6.45, 7) is 3.76. The molecule has 11 nitrogen and oxygen atoms in total. The number of H-pyrrole nitrogens is 1. The zero-order valence-electron chi connectivity index (χ0n) is 21.2. The summed E-state index contributed by atoms with van der Waals surface area (Å²) in [5.74, 6) is 1.25. The smallest absolute Gasteiger partial charge is 0.413 e. The predicted molar refractivity (Wildman–Crippen MR) is 139 cm³/mol. The number of ether oxygens (including phenoxy) is 1. The molecule has 1 saturated heterocycles. The number of hydrogen-bond acceptors (Lipinski definition) is 9. The Bertz CT molecular complexity index is 1310. The minimum Gasteiger partial charge on any atom is -0.413 e. The molecule has 0 spiro atoms. The van der Waals surface area contributed by atoms with Crippen LogP contribution in [0.1, 0.15) is 51.3 Å². The number of benzene rings is 1. The summed E-state index contributed by atoms with van der Waals surface area (Å²) < 4.78 is 46.9. The molecule has 4 rings (SSSR count). The fraction of sp³-hybridized carbons (Fsp3) is 0.542. The third-order valence-electron chi connectivity index (χ3n) is 6.38. The van der Waals surface area contributed by atoms with Crippen molar-refractivity contribution in [2.24, 2.45) is 0 Å². The molecule has 1 aliphatic heterocycles. The molecule has 2 aromatic rings. The molecule has 0 bridgehead atoms. The number of aliphatic hydroxyl groups is 1. The number of aromatic nitrogens is 2. The van der Waals surface area contributed by atoms with Gasteiger partial charge in [0.15, 0.2) is 11.9 Å². The van der Waals surface area contributed by atoms with Crippen LogP contribution in [0.15, 0.2) is 46.1 Å². The Kier molecular flexibility index (Phi) is 8.65. The van der Waals surface area contributed by atoms with Crippen molar-refractivity contribution in [3.05, 3.63) is 62.9 Å². The zero-order valence-corrected chi connectivity index (χ0v) is 22.9. The van der Waals surface area contributed by atoms with Gasteiger partial charge in [-0.1, -0.05) is 30.8 Å². The maximum Gasteiger partial charge on any atom is 0.459 e. The Morgan fingerprint density at radius 2 is 2.03 bits per heavy atom. The lowest BCUT2D eigenvalue weighted by Gasteiger charge is -2.25. The van der Waals surface area contributed by atoms with Crippen molar-refractivity contribution >= 4 is 24.6 Å². The molecule has 6 atom stereocenters. The van der Waals surface area contributed by atoms with Crippen LogP contribution in [0.25, 0.3) is 0 Å². The number of alkyl halides is 1. The Hall–Kier alpha value is -2.28. The minimum atomic E-state index is -4.24. The van der Waals surface area contributed by atoms with Crippen molar-refractivity contribution in [2.45, 2.75) is 69.7 Å². The van der Waals surface area contributed by atoms with E-state index in [0.717, 1.165) is 53.9 Å². The first-order valence-corrected chi connectivity index (χ1v) is 14.8. The van der Waals surface area contributed by atoms with Crippen LogP contribution in [0.2, 0.25) is 0 Å². The summed E-state index contributed by atoms with van der Waals surface area (Å²) in [6.07, 6.45) is -1.46. The van der Waals surface area contributed by atoms with E-state index in [-0.39, 0.29) is 10.9 Å². The molecule has 14 heteroatoms. The van der Waals surface area contributed by atoms with Gasteiger partial charge in [0.2, 0.25) is 5.12 Å². The highest BCUT2D eigenvalue weighted by molar-refractivity contribution is 8.13. The lowest BCUT2D eigenvalue weighted by molar-refractivity contribution is -0.112. The van der Waals surface area contributed by atoms with Gasteiger partial charge < -0.3 is 14.4 Å². The molecule has 1 aromatic heterocycles. The van der Waals surface area contributed by atoms with Crippen molar-refractivity contribution in [1.82, 2.24) is 14.6 Å². The van der Waals surface area contributed by atoms with Gasteiger partial charge in [-0.3, -0.25) is 23.7 Å². The van der Waals surface area contributed by atoms with Crippen molar-refractivity contribution < 1.29 is 32.6 Å². The lowest BCUT2D eigenvalue weighted by Crippen LogP contribution is -2.43. The van der Waals surface area contributed by atoms with Gasteiger partial charge >= 0.3 is 13.4 Å². The van der Waals surface area contributed by atoms with Crippen LogP contribution in [0, 0.1) is 0 Å². The van der Waals surface area contributed by atoms with E-state index in [9.17, 15) is 24.1 Å². The van der Waals surface area contributed by atoms with Gasteiger partial charge in [0.1, 0.15) is 18.0 Å². The lowest BCUT2D eigenvalue weighted by atomic mass is 9.98. The molecule has 1 aliphatic carbocycles.